The van der Waals surface area contributed by atoms with Crippen molar-refractivity contribution in [2.24, 2.45) is 0 Å². The molecule has 0 radical (unpaired) electrons. The third-order valence-corrected chi connectivity index (χ3v) is 2.75. The molecule has 20 heavy (non-hydrogen) atoms. The Morgan fingerprint density at radius 1 is 1.15 bits per heavy atom. The summed E-state index contributed by atoms with van der Waals surface area (Å²) in [5.74, 6) is -0.226. The van der Waals surface area contributed by atoms with Crippen molar-refractivity contribution < 1.29 is 14.6 Å². The van der Waals surface area contributed by atoms with Crippen LogP contribution in [0.3, 0.4) is 0 Å². The van der Waals surface area contributed by atoms with Crippen molar-refractivity contribution in [1.29, 1.82) is 5.26 Å². The van der Waals surface area contributed by atoms with Gasteiger partial charge in [-0.25, -0.2) is 0 Å². The first-order valence-corrected chi connectivity index (χ1v) is 6.12. The Morgan fingerprint density at radius 3 is 2.50 bits per heavy atom. The van der Waals surface area contributed by atoms with Crippen molar-refractivity contribution in [1.82, 2.24) is 0 Å². The van der Waals surface area contributed by atoms with E-state index in [0.29, 0.717) is 0 Å². The van der Waals surface area contributed by atoms with Crippen molar-refractivity contribution in [2.75, 3.05) is 0 Å². The molecule has 0 bridgehead atoms. The van der Waals surface area contributed by atoms with Gasteiger partial charge in [-0.3, -0.25) is 4.79 Å². The zero-order valence-corrected chi connectivity index (χ0v) is 10.7. The van der Waals surface area contributed by atoms with Crippen LogP contribution in [0.5, 0.6) is 5.75 Å². The summed E-state index contributed by atoms with van der Waals surface area (Å²) >= 11 is 0. The first-order valence-electron chi connectivity index (χ1n) is 6.12. The Kier molecular flexibility index (Phi) is 4.48. The highest BCUT2D eigenvalue weighted by molar-refractivity contribution is 5.75. The number of hydrogen-bond acceptors (Lipinski definition) is 4. The second kappa shape index (κ2) is 6.50. The minimum absolute atomic E-state index is 0.137. The quantitative estimate of drug-likeness (QED) is 0.524. The zero-order valence-electron chi connectivity index (χ0n) is 10.7. The Bertz CT molecular complexity index is 632. The molecule has 1 atom stereocenters. The predicted molar refractivity (Wildman–Crippen MR) is 72.8 cm³/mol. The third kappa shape index (κ3) is 3.44. The van der Waals surface area contributed by atoms with E-state index in [9.17, 15) is 9.90 Å². The van der Waals surface area contributed by atoms with Gasteiger partial charge in [-0.1, -0.05) is 48.5 Å². The van der Waals surface area contributed by atoms with Crippen molar-refractivity contribution in [2.45, 2.75) is 12.5 Å². The molecule has 2 rings (SSSR count). The number of aliphatic hydroxyl groups excluding tert-OH is 1. The number of benzene rings is 2. The summed E-state index contributed by atoms with van der Waals surface area (Å²) in [6, 6.07) is 17.4. The summed E-state index contributed by atoms with van der Waals surface area (Å²) in [6.45, 7) is 0. The molecule has 2 aromatic rings. The number of aliphatic hydroxyl groups is 1. The molecule has 100 valence electrons. The number of ether oxygens (including phenoxy) is 1. The number of carbonyl (C=O) groups excluding carboxylic acids is 1. The molecule has 0 saturated carbocycles. The van der Waals surface area contributed by atoms with Gasteiger partial charge in [-0.2, -0.15) is 5.26 Å². The van der Waals surface area contributed by atoms with Gasteiger partial charge >= 0.3 is 5.97 Å². The first-order chi connectivity index (χ1) is 9.70. The highest BCUT2D eigenvalue weighted by Gasteiger charge is 2.15. The minimum Gasteiger partial charge on any atom is -0.426 e. The fourth-order valence-corrected chi connectivity index (χ4v) is 1.79. The lowest BCUT2D eigenvalue weighted by molar-refractivity contribution is -0.133. The molecule has 0 saturated heterocycles. The normalized spacial score (nSPS) is 11.4. The first kappa shape index (κ1) is 13.8. The Morgan fingerprint density at radius 2 is 1.80 bits per heavy atom. The van der Waals surface area contributed by atoms with E-state index in [4.69, 9.17) is 10.00 Å². The topological polar surface area (TPSA) is 70.3 Å². The van der Waals surface area contributed by atoms with Gasteiger partial charge < -0.3 is 9.84 Å². The lowest BCUT2D eigenvalue weighted by atomic mass is 10.1. The average Bonchev–Trinajstić information content (AvgIpc) is 2.48. The zero-order chi connectivity index (χ0) is 14.4. The number of nitrogens with zero attached hydrogens (tertiary/aromatic N) is 1. The summed E-state index contributed by atoms with van der Waals surface area (Å²) in [6.07, 6.45) is -1.17. The maximum absolute atomic E-state index is 11.9. The molecule has 0 spiro atoms. The second-order valence-corrected chi connectivity index (χ2v) is 4.21. The summed E-state index contributed by atoms with van der Waals surface area (Å²) in [5, 5.41) is 18.3. The molecule has 0 fully saturated rings. The molecular formula is C16H13NO3. The highest BCUT2D eigenvalue weighted by Crippen LogP contribution is 2.24. The molecule has 2 aromatic carbocycles. The Hall–Kier alpha value is -2.64. The van der Waals surface area contributed by atoms with Crippen LogP contribution in [0.1, 0.15) is 17.2 Å². The average molecular weight is 267 g/mol. The van der Waals surface area contributed by atoms with Gasteiger partial charge in [0.2, 0.25) is 0 Å². The fraction of sp³-hybridized carbons (Fsp3) is 0.125. The minimum atomic E-state index is -1.31. The lowest BCUT2D eigenvalue weighted by Gasteiger charge is -2.10. The van der Waals surface area contributed by atoms with Gasteiger partial charge in [0.25, 0.3) is 0 Å². The maximum atomic E-state index is 11.9. The number of para-hydroxylation sites is 1. The molecule has 1 N–H and O–H groups in total. The van der Waals surface area contributed by atoms with Crippen LogP contribution in [-0.4, -0.2) is 11.1 Å². The van der Waals surface area contributed by atoms with Crippen LogP contribution in [0, 0.1) is 11.3 Å². The molecule has 4 nitrogen and oxygen atoms in total. The highest BCUT2D eigenvalue weighted by atomic mass is 16.5. The van der Waals surface area contributed by atoms with Gasteiger partial charge in [0.1, 0.15) is 5.75 Å². The second-order valence-electron chi connectivity index (χ2n) is 4.21. The number of rotatable bonds is 4. The largest absolute Gasteiger partial charge is 0.426 e. The fourth-order valence-electron chi connectivity index (χ4n) is 1.79. The van der Waals surface area contributed by atoms with Crippen molar-refractivity contribution in [3.63, 3.8) is 0 Å². The SMILES string of the molecule is N#CC(O)c1ccccc1OC(=O)Cc1ccccc1. The molecule has 0 aromatic heterocycles. The molecule has 0 aliphatic carbocycles. The van der Waals surface area contributed by atoms with E-state index in [1.165, 1.54) is 0 Å². The van der Waals surface area contributed by atoms with Gasteiger partial charge in [0.15, 0.2) is 6.10 Å². The van der Waals surface area contributed by atoms with E-state index in [1.807, 2.05) is 30.3 Å². The van der Waals surface area contributed by atoms with Crippen LogP contribution in [0.15, 0.2) is 54.6 Å². The maximum Gasteiger partial charge on any atom is 0.315 e. The molecule has 0 aliphatic heterocycles. The monoisotopic (exact) mass is 267 g/mol. The molecule has 0 aliphatic rings. The van der Waals surface area contributed by atoms with E-state index in [-0.39, 0.29) is 17.7 Å². The number of esters is 1. The van der Waals surface area contributed by atoms with Crippen LogP contribution >= 0.6 is 0 Å². The number of hydrogen-bond donors (Lipinski definition) is 1. The third-order valence-electron chi connectivity index (χ3n) is 2.75. The molecule has 1 unspecified atom stereocenters. The van der Waals surface area contributed by atoms with Gasteiger partial charge in [0.05, 0.1) is 12.5 Å². The Labute approximate surface area is 116 Å². The number of nitriles is 1. The van der Waals surface area contributed by atoms with Gasteiger partial charge in [-0.05, 0) is 11.6 Å². The van der Waals surface area contributed by atoms with Crippen molar-refractivity contribution in [3.8, 4) is 11.8 Å². The van der Waals surface area contributed by atoms with E-state index < -0.39 is 12.1 Å². The van der Waals surface area contributed by atoms with Gasteiger partial charge in [0, 0.05) is 5.56 Å². The van der Waals surface area contributed by atoms with Crippen LogP contribution < -0.4 is 4.74 Å². The van der Waals surface area contributed by atoms with E-state index in [1.54, 1.807) is 30.3 Å². The van der Waals surface area contributed by atoms with Crippen LogP contribution in [0.2, 0.25) is 0 Å². The van der Waals surface area contributed by atoms with Crippen molar-refractivity contribution in [3.05, 3.63) is 65.7 Å². The lowest BCUT2D eigenvalue weighted by Crippen LogP contribution is -2.13. The smallest absolute Gasteiger partial charge is 0.315 e. The van der Waals surface area contributed by atoms with E-state index in [2.05, 4.69) is 0 Å². The summed E-state index contributed by atoms with van der Waals surface area (Å²) in [7, 11) is 0. The van der Waals surface area contributed by atoms with Crippen LogP contribution in [0.4, 0.5) is 0 Å². The van der Waals surface area contributed by atoms with E-state index in [0.717, 1.165) is 5.56 Å². The molecule has 4 heteroatoms. The summed E-state index contributed by atoms with van der Waals surface area (Å²) in [4.78, 5) is 11.9. The molecular weight excluding hydrogens is 254 g/mol. The van der Waals surface area contributed by atoms with Gasteiger partial charge in [-0.15, -0.1) is 0 Å². The summed E-state index contributed by atoms with van der Waals surface area (Å²) < 4.78 is 5.22. The van der Waals surface area contributed by atoms with E-state index >= 15 is 0 Å². The van der Waals surface area contributed by atoms with Crippen LogP contribution in [0.25, 0.3) is 0 Å². The molecule has 0 heterocycles. The Balaban J connectivity index is 2.11. The standard InChI is InChI=1S/C16H13NO3/c17-11-14(18)13-8-4-5-9-15(13)20-16(19)10-12-6-2-1-3-7-12/h1-9,14,18H,10H2. The molecule has 0 amide bonds. The van der Waals surface area contributed by atoms with Crippen LogP contribution in [-0.2, 0) is 11.2 Å². The predicted octanol–water partition coefficient (Wildman–Crippen LogP) is 2.39. The summed E-state index contributed by atoms with van der Waals surface area (Å²) in [5.41, 5.74) is 1.13. The number of carbonyl (C=O) groups is 1. The van der Waals surface area contributed by atoms with Crippen molar-refractivity contribution >= 4 is 5.97 Å².